The van der Waals surface area contributed by atoms with Gasteiger partial charge >= 0.3 is 0 Å². The van der Waals surface area contributed by atoms with Crippen LogP contribution in [0.1, 0.15) is 12.8 Å². The number of halogens is 1. The lowest BCUT2D eigenvalue weighted by Crippen LogP contribution is -2.39. The summed E-state index contributed by atoms with van der Waals surface area (Å²) < 4.78 is 0. The minimum Gasteiger partial charge on any atom is -0.361 e. The number of rotatable bonds is 3. The van der Waals surface area contributed by atoms with Gasteiger partial charge in [0.2, 0.25) is 0 Å². The van der Waals surface area contributed by atoms with E-state index < -0.39 is 0 Å². The first-order chi connectivity index (χ1) is 10.2. The third-order valence-electron chi connectivity index (χ3n) is 4.36. The topological polar surface area (TPSA) is 27.6 Å². The Morgan fingerprint density at radius 1 is 1.24 bits per heavy atom. The monoisotopic (exact) mass is 301 g/mol. The second-order valence-corrected chi connectivity index (χ2v) is 5.92. The van der Waals surface area contributed by atoms with Crippen LogP contribution in [0.5, 0.6) is 0 Å². The van der Waals surface area contributed by atoms with Gasteiger partial charge in [-0.2, -0.15) is 0 Å². The molecule has 0 aromatic heterocycles. The maximum absolute atomic E-state index is 6.64. The molecule has 1 saturated heterocycles. The molecular formula is C17H20ClN3. The molecule has 1 aromatic rings. The molecule has 3 rings (SSSR count). The molecule has 2 atom stereocenters. The highest BCUT2D eigenvalue weighted by molar-refractivity contribution is 6.34. The van der Waals surface area contributed by atoms with Gasteiger partial charge in [0.05, 0.1) is 5.03 Å². The van der Waals surface area contributed by atoms with Crippen molar-refractivity contribution in [2.24, 2.45) is 4.99 Å². The van der Waals surface area contributed by atoms with Crippen LogP contribution in [0.15, 0.2) is 57.7 Å². The molecule has 2 bridgehead atoms. The first-order valence-corrected chi connectivity index (χ1v) is 7.66. The fourth-order valence-electron chi connectivity index (χ4n) is 3.29. The van der Waals surface area contributed by atoms with Gasteiger partial charge in [0, 0.05) is 48.4 Å². The summed E-state index contributed by atoms with van der Waals surface area (Å²) in [6, 6.07) is 10.9. The molecule has 0 radical (unpaired) electrons. The lowest BCUT2D eigenvalue weighted by molar-refractivity contribution is 0.287. The Morgan fingerprint density at radius 3 is 2.67 bits per heavy atom. The third kappa shape index (κ3) is 2.63. The van der Waals surface area contributed by atoms with E-state index in [1.165, 1.54) is 0 Å². The lowest BCUT2D eigenvalue weighted by Gasteiger charge is -2.34. The summed E-state index contributed by atoms with van der Waals surface area (Å²) in [4.78, 5) is 6.58. The van der Waals surface area contributed by atoms with Gasteiger partial charge in [0.15, 0.2) is 0 Å². The smallest absolute Gasteiger partial charge is 0.0531 e. The number of anilines is 1. The highest BCUT2D eigenvalue weighted by Crippen LogP contribution is 2.42. The number of likely N-dealkylation sites (N-methyl/N-ethyl adjacent to an activating group) is 1. The molecule has 2 aliphatic rings. The maximum atomic E-state index is 6.64. The zero-order chi connectivity index (χ0) is 14.8. The van der Waals surface area contributed by atoms with Crippen molar-refractivity contribution in [3.8, 4) is 0 Å². The maximum Gasteiger partial charge on any atom is 0.0531 e. The van der Waals surface area contributed by atoms with E-state index >= 15 is 0 Å². The van der Waals surface area contributed by atoms with Gasteiger partial charge in [0.1, 0.15) is 0 Å². The molecule has 3 nitrogen and oxygen atoms in total. The number of hydrogen-bond acceptors (Lipinski definition) is 3. The van der Waals surface area contributed by atoms with Crippen molar-refractivity contribution in [1.82, 2.24) is 4.90 Å². The second-order valence-electron chi connectivity index (χ2n) is 5.54. The van der Waals surface area contributed by atoms with E-state index in [0.717, 1.165) is 34.7 Å². The van der Waals surface area contributed by atoms with E-state index in [4.69, 9.17) is 11.6 Å². The van der Waals surface area contributed by atoms with Gasteiger partial charge in [-0.1, -0.05) is 29.8 Å². The van der Waals surface area contributed by atoms with Crippen LogP contribution in [0, 0.1) is 0 Å². The Hall–Kier alpha value is -1.58. The average Bonchev–Trinajstić information content (AvgIpc) is 2.80. The van der Waals surface area contributed by atoms with Crippen LogP contribution in [-0.4, -0.2) is 37.3 Å². The highest BCUT2D eigenvalue weighted by atomic mass is 35.5. The van der Waals surface area contributed by atoms with Crippen molar-refractivity contribution in [1.29, 1.82) is 0 Å². The number of aliphatic imine (C=N–C) groups is 1. The number of para-hydroxylation sites is 1. The molecule has 1 N–H and O–H groups in total. The lowest BCUT2D eigenvalue weighted by atomic mass is 9.98. The molecular weight excluding hydrogens is 282 g/mol. The highest BCUT2D eigenvalue weighted by Gasteiger charge is 2.41. The van der Waals surface area contributed by atoms with Crippen LogP contribution in [0.2, 0.25) is 0 Å². The molecule has 0 spiro atoms. The van der Waals surface area contributed by atoms with Gasteiger partial charge in [-0.3, -0.25) is 9.89 Å². The fourth-order valence-corrected chi connectivity index (χ4v) is 3.64. The van der Waals surface area contributed by atoms with Crippen LogP contribution < -0.4 is 5.32 Å². The van der Waals surface area contributed by atoms with Crippen molar-refractivity contribution >= 4 is 23.5 Å². The van der Waals surface area contributed by atoms with Crippen LogP contribution in [0.3, 0.4) is 0 Å². The van der Waals surface area contributed by atoms with E-state index in [0.29, 0.717) is 12.1 Å². The van der Waals surface area contributed by atoms with E-state index in [1.54, 1.807) is 7.05 Å². The van der Waals surface area contributed by atoms with Crippen molar-refractivity contribution < 1.29 is 0 Å². The Kier molecular flexibility index (Phi) is 4.13. The SMILES string of the molecule is CN=CC1=C(Cl)C(=CNc2ccccc2)C2CCC1N2C. The van der Waals surface area contributed by atoms with Crippen molar-refractivity contribution in [3.63, 3.8) is 0 Å². The molecule has 1 fully saturated rings. The zero-order valence-corrected chi connectivity index (χ0v) is 13.1. The van der Waals surface area contributed by atoms with Gasteiger partial charge in [0.25, 0.3) is 0 Å². The summed E-state index contributed by atoms with van der Waals surface area (Å²) in [5, 5.41) is 4.22. The summed E-state index contributed by atoms with van der Waals surface area (Å²) in [5.74, 6) is 0. The van der Waals surface area contributed by atoms with Crippen LogP contribution in [0.4, 0.5) is 5.69 Å². The van der Waals surface area contributed by atoms with E-state index in [1.807, 2.05) is 42.7 Å². The van der Waals surface area contributed by atoms with Crippen molar-refractivity contribution in [3.05, 3.63) is 52.7 Å². The third-order valence-corrected chi connectivity index (χ3v) is 4.79. The standard InChI is InChI=1S/C17H20ClN3/c1-19-10-13-15-8-9-16(21(15)2)14(17(13)18)11-20-12-6-4-3-5-7-12/h3-7,10-11,15-16,20H,8-9H2,1-2H3. The van der Waals surface area contributed by atoms with Gasteiger partial charge in [-0.05, 0) is 32.0 Å². The number of nitrogens with zero attached hydrogens (tertiary/aromatic N) is 2. The summed E-state index contributed by atoms with van der Waals surface area (Å²) in [6.07, 6.45) is 6.23. The Morgan fingerprint density at radius 2 is 1.95 bits per heavy atom. The molecule has 0 aliphatic carbocycles. The van der Waals surface area contributed by atoms with Crippen LogP contribution in [0.25, 0.3) is 0 Å². The Bertz CT molecular complexity index is 604. The number of hydrogen-bond donors (Lipinski definition) is 1. The summed E-state index contributed by atoms with van der Waals surface area (Å²) in [6.45, 7) is 0. The minimum atomic E-state index is 0.396. The molecule has 2 heterocycles. The zero-order valence-electron chi connectivity index (χ0n) is 12.4. The Balaban J connectivity index is 1.94. The number of benzene rings is 1. The largest absolute Gasteiger partial charge is 0.361 e. The number of fused-ring (bicyclic) bond motifs is 2. The van der Waals surface area contributed by atoms with E-state index in [9.17, 15) is 0 Å². The number of nitrogens with one attached hydrogen (secondary N) is 1. The summed E-state index contributed by atoms with van der Waals surface area (Å²) in [7, 11) is 3.97. The van der Waals surface area contributed by atoms with Crippen molar-refractivity contribution in [2.75, 3.05) is 19.4 Å². The first-order valence-electron chi connectivity index (χ1n) is 7.28. The molecule has 4 heteroatoms. The second kappa shape index (κ2) is 6.04. The van der Waals surface area contributed by atoms with Crippen LogP contribution >= 0.6 is 11.6 Å². The quantitative estimate of drug-likeness (QED) is 0.863. The first kappa shape index (κ1) is 14.4. The normalized spacial score (nSPS) is 27.9. The fraction of sp³-hybridized carbons (Fsp3) is 0.353. The van der Waals surface area contributed by atoms with E-state index in [2.05, 4.69) is 22.3 Å². The minimum absolute atomic E-state index is 0.396. The predicted octanol–water partition coefficient (Wildman–Crippen LogP) is 3.65. The summed E-state index contributed by atoms with van der Waals surface area (Å²) in [5.41, 5.74) is 3.37. The van der Waals surface area contributed by atoms with Gasteiger partial charge in [-0.25, -0.2) is 0 Å². The molecule has 110 valence electrons. The van der Waals surface area contributed by atoms with E-state index in [-0.39, 0.29) is 0 Å². The molecule has 2 unspecified atom stereocenters. The average molecular weight is 302 g/mol. The molecule has 0 saturated carbocycles. The van der Waals surface area contributed by atoms with Gasteiger partial charge in [-0.15, -0.1) is 0 Å². The Labute approximate surface area is 131 Å². The van der Waals surface area contributed by atoms with Crippen LogP contribution in [-0.2, 0) is 0 Å². The van der Waals surface area contributed by atoms with Gasteiger partial charge < -0.3 is 5.32 Å². The molecule has 21 heavy (non-hydrogen) atoms. The molecule has 2 aliphatic heterocycles. The summed E-state index contributed by atoms with van der Waals surface area (Å²) >= 11 is 6.64. The van der Waals surface area contributed by atoms with Crippen molar-refractivity contribution in [2.45, 2.75) is 24.9 Å². The molecule has 1 aromatic carbocycles. The molecule has 0 amide bonds. The predicted molar refractivity (Wildman–Crippen MR) is 90.0 cm³/mol.